The van der Waals surface area contributed by atoms with Crippen molar-refractivity contribution >= 4 is 57.3 Å². The van der Waals surface area contributed by atoms with E-state index in [0.717, 1.165) is 15.5 Å². The van der Waals surface area contributed by atoms with Crippen molar-refractivity contribution in [1.29, 1.82) is 0 Å². The first-order chi connectivity index (χ1) is 13.5. The van der Waals surface area contributed by atoms with E-state index in [1.807, 2.05) is 43.3 Å². The lowest BCUT2D eigenvalue weighted by Crippen LogP contribution is -2.15. The first-order valence-electron chi connectivity index (χ1n) is 8.35. The van der Waals surface area contributed by atoms with Gasteiger partial charge in [0.25, 0.3) is 0 Å². The van der Waals surface area contributed by atoms with E-state index in [1.165, 1.54) is 23.1 Å². The summed E-state index contributed by atoms with van der Waals surface area (Å²) in [6.45, 7) is 1.83. The van der Waals surface area contributed by atoms with Gasteiger partial charge in [0.2, 0.25) is 16.9 Å². The van der Waals surface area contributed by atoms with Crippen LogP contribution in [0, 0.1) is 6.92 Å². The standard InChI is InChI=1S/C19H17ClN4O2S2/c1-12-23-24-19(28-12)22-18(26)11-27-16-4-2-3-15(10-16)21-17(25)9-13-5-7-14(20)8-6-13/h2-8,10H,9,11H2,1H3,(H,21,25)(H,22,24,26). The van der Waals surface area contributed by atoms with Gasteiger partial charge in [-0.3, -0.25) is 14.9 Å². The minimum absolute atomic E-state index is 0.117. The number of halogens is 1. The zero-order valence-corrected chi connectivity index (χ0v) is 17.3. The van der Waals surface area contributed by atoms with E-state index >= 15 is 0 Å². The van der Waals surface area contributed by atoms with E-state index in [-0.39, 0.29) is 24.0 Å². The summed E-state index contributed by atoms with van der Waals surface area (Å²) in [6.07, 6.45) is 0.262. The Bertz CT molecular complexity index is 976. The third kappa shape index (κ3) is 6.33. The molecule has 6 nitrogen and oxygen atoms in total. The van der Waals surface area contributed by atoms with Crippen molar-refractivity contribution in [1.82, 2.24) is 10.2 Å². The molecule has 0 spiro atoms. The number of aromatic nitrogens is 2. The molecular formula is C19H17ClN4O2S2. The van der Waals surface area contributed by atoms with Crippen molar-refractivity contribution in [2.75, 3.05) is 16.4 Å². The van der Waals surface area contributed by atoms with Crippen molar-refractivity contribution in [3.8, 4) is 0 Å². The van der Waals surface area contributed by atoms with Crippen molar-refractivity contribution in [3.05, 3.63) is 64.1 Å². The Morgan fingerprint density at radius 1 is 1.07 bits per heavy atom. The number of amides is 2. The lowest BCUT2D eigenvalue weighted by Gasteiger charge is -2.08. The van der Waals surface area contributed by atoms with Crippen LogP contribution in [0.4, 0.5) is 10.8 Å². The summed E-state index contributed by atoms with van der Waals surface area (Å²) in [4.78, 5) is 25.1. The van der Waals surface area contributed by atoms with Crippen molar-refractivity contribution in [2.45, 2.75) is 18.2 Å². The fourth-order valence-electron chi connectivity index (χ4n) is 2.31. The highest BCUT2D eigenvalue weighted by Gasteiger charge is 2.09. The average molecular weight is 433 g/mol. The molecule has 0 saturated carbocycles. The summed E-state index contributed by atoms with van der Waals surface area (Å²) in [5, 5.41) is 15.2. The number of nitrogens with one attached hydrogen (secondary N) is 2. The molecule has 28 heavy (non-hydrogen) atoms. The molecule has 3 aromatic rings. The molecule has 2 amide bonds. The number of anilines is 2. The van der Waals surface area contributed by atoms with Crippen LogP contribution in [0.25, 0.3) is 0 Å². The number of carbonyl (C=O) groups excluding carboxylic acids is 2. The summed E-state index contributed by atoms with van der Waals surface area (Å²) >= 11 is 8.57. The molecule has 3 rings (SSSR count). The first-order valence-corrected chi connectivity index (χ1v) is 10.5. The van der Waals surface area contributed by atoms with Crippen LogP contribution >= 0.6 is 34.7 Å². The van der Waals surface area contributed by atoms with Crippen LogP contribution in [-0.4, -0.2) is 27.8 Å². The maximum absolute atomic E-state index is 12.2. The predicted octanol–water partition coefficient (Wildman–Crippen LogP) is 4.41. The van der Waals surface area contributed by atoms with Gasteiger partial charge in [-0.05, 0) is 42.8 Å². The van der Waals surface area contributed by atoms with Crippen molar-refractivity contribution in [3.63, 3.8) is 0 Å². The minimum Gasteiger partial charge on any atom is -0.326 e. The van der Waals surface area contributed by atoms with E-state index in [9.17, 15) is 9.59 Å². The Balaban J connectivity index is 1.51. The molecule has 0 atom stereocenters. The summed E-state index contributed by atoms with van der Waals surface area (Å²) in [5.41, 5.74) is 1.57. The van der Waals surface area contributed by atoms with Crippen LogP contribution in [0.3, 0.4) is 0 Å². The second-order valence-corrected chi connectivity index (χ2v) is 8.51. The van der Waals surface area contributed by atoms with Gasteiger partial charge >= 0.3 is 0 Å². The molecule has 1 aromatic heterocycles. The summed E-state index contributed by atoms with van der Waals surface area (Å²) in [7, 11) is 0. The molecule has 0 fully saturated rings. The molecule has 0 aliphatic rings. The molecule has 144 valence electrons. The maximum atomic E-state index is 12.2. The maximum Gasteiger partial charge on any atom is 0.236 e. The predicted molar refractivity (Wildman–Crippen MR) is 114 cm³/mol. The van der Waals surface area contributed by atoms with Gasteiger partial charge in [0, 0.05) is 15.6 Å². The Hall–Kier alpha value is -2.42. The highest BCUT2D eigenvalue weighted by Crippen LogP contribution is 2.22. The number of aryl methyl sites for hydroxylation is 1. The SMILES string of the molecule is Cc1nnc(NC(=O)CSc2cccc(NC(=O)Cc3ccc(Cl)cc3)c2)s1. The van der Waals surface area contributed by atoms with E-state index < -0.39 is 0 Å². The molecule has 1 heterocycles. The monoisotopic (exact) mass is 432 g/mol. The number of hydrogen-bond acceptors (Lipinski definition) is 6. The van der Waals surface area contributed by atoms with E-state index in [0.29, 0.717) is 15.8 Å². The largest absolute Gasteiger partial charge is 0.326 e. The number of thioether (sulfide) groups is 1. The quantitative estimate of drug-likeness (QED) is 0.540. The number of benzene rings is 2. The van der Waals surface area contributed by atoms with E-state index in [2.05, 4.69) is 20.8 Å². The molecular weight excluding hydrogens is 416 g/mol. The van der Waals surface area contributed by atoms with Crippen molar-refractivity contribution in [2.24, 2.45) is 0 Å². The van der Waals surface area contributed by atoms with Crippen LogP contribution in [0.5, 0.6) is 0 Å². The van der Waals surface area contributed by atoms with Gasteiger partial charge in [-0.1, -0.05) is 41.1 Å². The van der Waals surface area contributed by atoms with Gasteiger partial charge in [-0.15, -0.1) is 22.0 Å². The Kier molecular flexibility index (Phi) is 7.02. The molecule has 2 aromatic carbocycles. The van der Waals surface area contributed by atoms with Crippen molar-refractivity contribution < 1.29 is 9.59 Å². The zero-order chi connectivity index (χ0) is 19.9. The second-order valence-electron chi connectivity index (χ2n) is 5.84. The van der Waals surface area contributed by atoms with Crippen LogP contribution < -0.4 is 10.6 Å². The third-order valence-electron chi connectivity index (χ3n) is 3.54. The smallest absolute Gasteiger partial charge is 0.236 e. The highest BCUT2D eigenvalue weighted by atomic mass is 35.5. The van der Waals surface area contributed by atoms with Gasteiger partial charge in [0.05, 0.1) is 12.2 Å². The van der Waals surface area contributed by atoms with Crippen LogP contribution in [0.1, 0.15) is 10.6 Å². The second kappa shape index (κ2) is 9.68. The Morgan fingerprint density at radius 3 is 2.57 bits per heavy atom. The highest BCUT2D eigenvalue weighted by molar-refractivity contribution is 8.00. The van der Waals surface area contributed by atoms with Crippen LogP contribution in [-0.2, 0) is 16.0 Å². The number of nitrogens with zero attached hydrogens (tertiary/aromatic N) is 2. The van der Waals surface area contributed by atoms with Crippen LogP contribution in [0.2, 0.25) is 5.02 Å². The Labute approximate surface area is 175 Å². The Morgan fingerprint density at radius 2 is 1.86 bits per heavy atom. The molecule has 9 heteroatoms. The van der Waals surface area contributed by atoms with Gasteiger partial charge < -0.3 is 5.32 Å². The molecule has 0 bridgehead atoms. The lowest BCUT2D eigenvalue weighted by atomic mass is 10.1. The molecule has 0 saturated heterocycles. The van der Waals surface area contributed by atoms with Gasteiger partial charge in [-0.25, -0.2) is 0 Å². The van der Waals surface area contributed by atoms with Gasteiger partial charge in [0.15, 0.2) is 0 Å². The fourth-order valence-corrected chi connectivity index (χ4v) is 3.80. The molecule has 0 unspecified atom stereocenters. The summed E-state index contributed by atoms with van der Waals surface area (Å²) in [5.74, 6) is -0.0342. The number of rotatable bonds is 7. The first kappa shape index (κ1) is 20.3. The number of hydrogen-bond donors (Lipinski definition) is 2. The number of carbonyl (C=O) groups is 2. The fraction of sp³-hybridized carbons (Fsp3) is 0.158. The normalized spacial score (nSPS) is 10.5. The average Bonchev–Trinajstić information content (AvgIpc) is 3.07. The summed E-state index contributed by atoms with van der Waals surface area (Å²) < 4.78 is 0. The minimum atomic E-state index is -0.154. The molecule has 0 aliphatic heterocycles. The van der Waals surface area contributed by atoms with Gasteiger partial charge in [-0.2, -0.15) is 0 Å². The van der Waals surface area contributed by atoms with Gasteiger partial charge in [0.1, 0.15) is 5.01 Å². The lowest BCUT2D eigenvalue weighted by molar-refractivity contribution is -0.115. The van der Waals surface area contributed by atoms with Crippen LogP contribution in [0.15, 0.2) is 53.4 Å². The topological polar surface area (TPSA) is 84.0 Å². The molecule has 2 N–H and O–H groups in total. The summed E-state index contributed by atoms with van der Waals surface area (Å²) in [6, 6.07) is 14.6. The molecule has 0 radical (unpaired) electrons. The van der Waals surface area contributed by atoms with E-state index in [4.69, 9.17) is 11.6 Å². The van der Waals surface area contributed by atoms with E-state index in [1.54, 1.807) is 12.1 Å². The molecule has 0 aliphatic carbocycles. The third-order valence-corrected chi connectivity index (χ3v) is 5.54. The zero-order valence-electron chi connectivity index (χ0n) is 14.9.